The largest absolute Gasteiger partial charge is 0.459 e. The molecule has 3 aromatic carbocycles. The van der Waals surface area contributed by atoms with Crippen molar-refractivity contribution < 1.29 is 4.74 Å². The second-order valence-corrected chi connectivity index (χ2v) is 7.96. The topological polar surface area (TPSA) is 24.8 Å². The fourth-order valence-corrected chi connectivity index (χ4v) is 5.06. The third-order valence-electron chi connectivity index (χ3n) is 6.30. The fourth-order valence-electron chi connectivity index (χ4n) is 5.06. The molecule has 0 radical (unpaired) electrons. The van der Waals surface area contributed by atoms with E-state index >= 15 is 0 Å². The first kappa shape index (κ1) is 16.4. The highest BCUT2D eigenvalue weighted by Gasteiger charge is 2.62. The predicted octanol–water partition coefficient (Wildman–Crippen LogP) is 5.84. The van der Waals surface area contributed by atoms with Gasteiger partial charge in [-0.3, -0.25) is 0 Å². The van der Waals surface area contributed by atoms with Crippen LogP contribution in [0, 0.1) is 0 Å². The zero-order valence-corrected chi connectivity index (χ0v) is 16.3. The summed E-state index contributed by atoms with van der Waals surface area (Å²) in [6, 6.07) is 21.2. The van der Waals surface area contributed by atoms with Crippen molar-refractivity contribution in [2.75, 3.05) is 11.4 Å². The molecule has 136 valence electrons. The van der Waals surface area contributed by atoms with Gasteiger partial charge in [-0.1, -0.05) is 48.5 Å². The van der Waals surface area contributed by atoms with Gasteiger partial charge in [-0.05, 0) is 50.8 Å². The van der Waals surface area contributed by atoms with Crippen molar-refractivity contribution in [3.05, 3.63) is 66.2 Å². The molecule has 1 atom stereocenters. The fraction of sp³-hybridized carbons (Fsp3) is 0.292. The maximum Gasteiger partial charge on any atom is 0.231 e. The molecule has 0 aliphatic carbocycles. The molecule has 0 fully saturated rings. The van der Waals surface area contributed by atoms with E-state index < -0.39 is 5.72 Å². The average molecular weight is 356 g/mol. The number of fused-ring (bicyclic) bond motifs is 4. The Bertz CT molecular complexity index is 1100. The quantitative estimate of drug-likeness (QED) is 0.547. The Hall–Kier alpha value is -2.81. The second-order valence-electron chi connectivity index (χ2n) is 7.96. The molecule has 0 saturated heterocycles. The molecular formula is C24H24N2O. The number of aliphatic imine (C=N–C) groups is 1. The summed E-state index contributed by atoms with van der Waals surface area (Å²) in [5, 5.41) is 2.33. The highest BCUT2D eigenvalue weighted by molar-refractivity contribution is 6.06. The summed E-state index contributed by atoms with van der Waals surface area (Å²) >= 11 is 0. The number of hydrogen-bond donors (Lipinski definition) is 0. The zero-order valence-electron chi connectivity index (χ0n) is 16.3. The van der Waals surface area contributed by atoms with E-state index in [1.54, 1.807) is 0 Å². The molecule has 3 aromatic rings. The van der Waals surface area contributed by atoms with Gasteiger partial charge in [0.1, 0.15) is 11.4 Å². The van der Waals surface area contributed by atoms with Gasteiger partial charge in [0.2, 0.25) is 5.72 Å². The number of benzene rings is 3. The molecule has 0 N–H and O–H groups in total. The van der Waals surface area contributed by atoms with Crippen LogP contribution in [0.5, 0.6) is 5.75 Å². The molecule has 0 aromatic heterocycles. The van der Waals surface area contributed by atoms with Gasteiger partial charge in [0.25, 0.3) is 0 Å². The van der Waals surface area contributed by atoms with Crippen molar-refractivity contribution >= 4 is 27.9 Å². The van der Waals surface area contributed by atoms with Crippen LogP contribution in [0.4, 0.5) is 11.4 Å². The Balaban J connectivity index is 1.78. The summed E-state index contributed by atoms with van der Waals surface area (Å²) in [6.07, 6.45) is 0. The molecule has 2 aliphatic rings. The van der Waals surface area contributed by atoms with Crippen LogP contribution in [-0.4, -0.2) is 18.0 Å². The first-order valence-corrected chi connectivity index (χ1v) is 9.64. The smallest absolute Gasteiger partial charge is 0.231 e. The lowest BCUT2D eigenvalue weighted by Gasteiger charge is -2.48. The summed E-state index contributed by atoms with van der Waals surface area (Å²) in [5.41, 5.74) is 3.67. The molecule has 0 saturated carbocycles. The summed E-state index contributed by atoms with van der Waals surface area (Å²) in [7, 11) is 0. The summed E-state index contributed by atoms with van der Waals surface area (Å²) < 4.78 is 6.90. The number of hydrogen-bond acceptors (Lipinski definition) is 3. The molecule has 2 aliphatic heterocycles. The Labute approximate surface area is 160 Å². The zero-order chi connectivity index (χ0) is 18.8. The molecule has 1 unspecified atom stereocenters. The van der Waals surface area contributed by atoms with Crippen LogP contribution in [0.3, 0.4) is 0 Å². The van der Waals surface area contributed by atoms with Crippen LogP contribution in [0.25, 0.3) is 10.8 Å². The van der Waals surface area contributed by atoms with Crippen molar-refractivity contribution in [3.63, 3.8) is 0 Å². The minimum Gasteiger partial charge on any atom is -0.459 e. The highest BCUT2D eigenvalue weighted by atomic mass is 16.5. The van der Waals surface area contributed by atoms with Gasteiger partial charge < -0.3 is 9.64 Å². The van der Waals surface area contributed by atoms with Crippen molar-refractivity contribution in [3.8, 4) is 5.75 Å². The van der Waals surface area contributed by atoms with Gasteiger partial charge in [0.05, 0.1) is 11.1 Å². The lowest BCUT2D eigenvalue weighted by atomic mass is 9.75. The minimum atomic E-state index is -0.610. The van der Waals surface area contributed by atoms with Crippen LogP contribution in [0.1, 0.15) is 33.3 Å². The summed E-state index contributed by atoms with van der Waals surface area (Å²) in [6.45, 7) is 9.70. The van der Waals surface area contributed by atoms with Crippen LogP contribution in [0.15, 0.2) is 65.7 Å². The number of rotatable bonds is 1. The summed E-state index contributed by atoms with van der Waals surface area (Å²) in [5.74, 6) is 0.860. The van der Waals surface area contributed by atoms with Crippen molar-refractivity contribution in [2.24, 2.45) is 4.99 Å². The van der Waals surface area contributed by atoms with E-state index in [2.05, 4.69) is 93.3 Å². The van der Waals surface area contributed by atoms with E-state index in [-0.39, 0.29) is 5.41 Å². The SMILES string of the molecule is CCN1c2ccccc2C(C)(C)C12Oc1ccc3ccccc3c1N=C2C. The third-order valence-corrected chi connectivity index (χ3v) is 6.30. The van der Waals surface area contributed by atoms with Crippen LogP contribution in [-0.2, 0) is 5.41 Å². The Kier molecular flexibility index (Phi) is 3.24. The van der Waals surface area contributed by atoms with Crippen LogP contribution < -0.4 is 9.64 Å². The molecule has 0 amide bonds. The molecule has 1 spiro atoms. The molecule has 3 heteroatoms. The van der Waals surface area contributed by atoms with E-state index in [4.69, 9.17) is 9.73 Å². The lowest BCUT2D eigenvalue weighted by molar-refractivity contribution is 0.0731. The molecule has 2 heterocycles. The lowest BCUT2D eigenvalue weighted by Crippen LogP contribution is -2.65. The van der Waals surface area contributed by atoms with Crippen molar-refractivity contribution in [1.82, 2.24) is 0 Å². The first-order chi connectivity index (χ1) is 13.0. The van der Waals surface area contributed by atoms with E-state index in [0.717, 1.165) is 29.1 Å². The first-order valence-electron chi connectivity index (χ1n) is 9.64. The normalized spacial score (nSPS) is 22.4. The number of anilines is 1. The van der Waals surface area contributed by atoms with Crippen LogP contribution in [0.2, 0.25) is 0 Å². The number of ether oxygens (including phenoxy) is 1. The molecule has 3 nitrogen and oxygen atoms in total. The molecule has 27 heavy (non-hydrogen) atoms. The van der Waals surface area contributed by atoms with Gasteiger partial charge in [0.15, 0.2) is 0 Å². The van der Waals surface area contributed by atoms with Gasteiger partial charge in [-0.2, -0.15) is 0 Å². The number of para-hydroxylation sites is 1. The number of nitrogens with zero attached hydrogens (tertiary/aromatic N) is 2. The predicted molar refractivity (Wildman–Crippen MR) is 113 cm³/mol. The van der Waals surface area contributed by atoms with E-state index in [1.165, 1.54) is 16.6 Å². The second kappa shape index (κ2) is 5.35. The molecular weight excluding hydrogens is 332 g/mol. The van der Waals surface area contributed by atoms with Gasteiger partial charge >= 0.3 is 0 Å². The summed E-state index contributed by atoms with van der Waals surface area (Å²) in [4.78, 5) is 7.51. The maximum absolute atomic E-state index is 6.90. The molecule has 0 bridgehead atoms. The van der Waals surface area contributed by atoms with E-state index in [1.807, 2.05) is 0 Å². The number of likely N-dealkylation sites (N-methyl/N-ethyl adjacent to an activating group) is 1. The van der Waals surface area contributed by atoms with E-state index in [9.17, 15) is 0 Å². The highest BCUT2D eigenvalue weighted by Crippen LogP contribution is 2.56. The monoisotopic (exact) mass is 356 g/mol. The van der Waals surface area contributed by atoms with Gasteiger partial charge in [-0.15, -0.1) is 0 Å². The van der Waals surface area contributed by atoms with E-state index in [0.29, 0.717) is 0 Å². The third kappa shape index (κ3) is 1.89. The van der Waals surface area contributed by atoms with Crippen molar-refractivity contribution in [1.29, 1.82) is 0 Å². The Morgan fingerprint density at radius 1 is 0.963 bits per heavy atom. The van der Waals surface area contributed by atoms with Crippen LogP contribution >= 0.6 is 0 Å². The molecule has 5 rings (SSSR count). The average Bonchev–Trinajstić information content (AvgIpc) is 2.87. The van der Waals surface area contributed by atoms with Gasteiger partial charge in [0, 0.05) is 17.6 Å². The van der Waals surface area contributed by atoms with Crippen molar-refractivity contribution in [2.45, 2.75) is 38.8 Å². The minimum absolute atomic E-state index is 0.226. The van der Waals surface area contributed by atoms with Gasteiger partial charge in [-0.25, -0.2) is 4.99 Å². The maximum atomic E-state index is 6.90. The standard InChI is InChI=1S/C24H24N2O/c1-5-26-20-13-9-8-12-19(20)23(3,4)24(26)16(2)25-22-18-11-7-6-10-17(18)14-15-21(22)27-24/h6-15H,5H2,1-4H3. The Morgan fingerprint density at radius 3 is 2.52 bits per heavy atom. The Morgan fingerprint density at radius 2 is 1.70 bits per heavy atom.